The van der Waals surface area contributed by atoms with Crippen molar-refractivity contribution in [3.05, 3.63) is 65.5 Å². The lowest BCUT2D eigenvalue weighted by Crippen LogP contribution is -2.36. The van der Waals surface area contributed by atoms with Crippen LogP contribution in [0.15, 0.2) is 69.9 Å². The number of carbonyl (C=O) groups excluding carboxylic acids is 1. The summed E-state index contributed by atoms with van der Waals surface area (Å²) in [6, 6.07) is 9.91. The SMILES string of the molecule is C=CCn1c(=NC(=O)c2ccc(S(=O)(=O)N(CCOC)CCOC)cc2)sc2cc(S(N)(=O)=O)ccc21. The van der Waals surface area contributed by atoms with Crippen molar-refractivity contribution >= 4 is 47.5 Å². The van der Waals surface area contributed by atoms with E-state index in [1.54, 1.807) is 16.7 Å². The Balaban J connectivity index is 1.96. The number of aromatic nitrogens is 1. The van der Waals surface area contributed by atoms with Gasteiger partial charge in [0.15, 0.2) is 4.80 Å². The summed E-state index contributed by atoms with van der Waals surface area (Å²) in [5.41, 5.74) is 0.851. The first-order valence-corrected chi connectivity index (χ1v) is 14.8. The van der Waals surface area contributed by atoms with Gasteiger partial charge in [-0.25, -0.2) is 22.0 Å². The van der Waals surface area contributed by atoms with E-state index >= 15 is 0 Å². The highest BCUT2D eigenvalue weighted by Gasteiger charge is 2.24. The summed E-state index contributed by atoms with van der Waals surface area (Å²) in [6.07, 6.45) is 1.63. The molecule has 0 saturated carbocycles. The molecule has 1 heterocycles. The zero-order valence-corrected chi connectivity index (χ0v) is 22.8. The highest BCUT2D eigenvalue weighted by molar-refractivity contribution is 7.89. The number of rotatable bonds is 12. The molecule has 3 rings (SSSR count). The molecule has 0 aliphatic carbocycles. The maximum atomic E-state index is 13.1. The fourth-order valence-corrected chi connectivity index (χ4v) is 6.53. The van der Waals surface area contributed by atoms with E-state index in [9.17, 15) is 21.6 Å². The molecule has 0 spiro atoms. The largest absolute Gasteiger partial charge is 0.383 e. The first kappa shape index (κ1) is 28.8. The summed E-state index contributed by atoms with van der Waals surface area (Å²) >= 11 is 1.13. The number of nitrogens with two attached hydrogens (primary N) is 1. The van der Waals surface area contributed by atoms with Crippen molar-refractivity contribution in [1.82, 2.24) is 8.87 Å². The van der Waals surface area contributed by atoms with Crippen LogP contribution in [0.5, 0.6) is 0 Å². The van der Waals surface area contributed by atoms with Gasteiger partial charge in [-0.2, -0.15) is 9.30 Å². The Morgan fingerprint density at radius 2 is 1.65 bits per heavy atom. The molecule has 2 aromatic carbocycles. The monoisotopic (exact) mass is 568 g/mol. The summed E-state index contributed by atoms with van der Waals surface area (Å²) in [4.78, 5) is 17.5. The minimum absolute atomic E-state index is 0.0235. The van der Waals surface area contributed by atoms with Crippen molar-refractivity contribution in [3.63, 3.8) is 0 Å². The fourth-order valence-electron chi connectivity index (χ4n) is 3.43. The molecule has 0 saturated heterocycles. The first-order valence-electron chi connectivity index (χ1n) is 11.0. The molecule has 14 heteroatoms. The normalized spacial score (nSPS) is 12.9. The van der Waals surface area contributed by atoms with Crippen molar-refractivity contribution < 1.29 is 31.1 Å². The molecule has 1 aromatic heterocycles. The third-order valence-corrected chi connectivity index (χ3v) is 9.19. The van der Waals surface area contributed by atoms with Crippen LogP contribution in [0.1, 0.15) is 10.4 Å². The predicted octanol–water partition coefficient (Wildman–Crippen LogP) is 1.56. The number of fused-ring (bicyclic) bond motifs is 1. The Bertz CT molecular complexity index is 1550. The number of hydrogen-bond donors (Lipinski definition) is 1. The smallest absolute Gasteiger partial charge is 0.279 e. The third-order valence-electron chi connectivity index (χ3n) is 5.32. The number of methoxy groups -OCH3 is 2. The van der Waals surface area contributed by atoms with Crippen LogP contribution < -0.4 is 9.94 Å². The number of hydrogen-bond acceptors (Lipinski definition) is 8. The van der Waals surface area contributed by atoms with Gasteiger partial charge < -0.3 is 14.0 Å². The minimum atomic E-state index is -3.90. The van der Waals surface area contributed by atoms with Crippen molar-refractivity contribution in [2.24, 2.45) is 10.1 Å². The molecule has 0 bridgehead atoms. The lowest BCUT2D eigenvalue weighted by molar-refractivity contribution is 0.0997. The van der Waals surface area contributed by atoms with E-state index < -0.39 is 26.0 Å². The molecule has 0 unspecified atom stereocenters. The Labute approximate surface area is 219 Å². The van der Waals surface area contributed by atoms with E-state index in [2.05, 4.69) is 11.6 Å². The molecule has 200 valence electrons. The van der Waals surface area contributed by atoms with Gasteiger partial charge in [0.1, 0.15) is 0 Å². The summed E-state index contributed by atoms with van der Waals surface area (Å²) in [7, 11) is -4.76. The highest BCUT2D eigenvalue weighted by Crippen LogP contribution is 2.22. The second-order valence-corrected chi connectivity index (χ2v) is 12.3. The maximum absolute atomic E-state index is 13.1. The number of amides is 1. The third kappa shape index (κ3) is 6.78. The standard InChI is InChI=1S/C23H28N4O7S3/c1-4-11-27-20-10-9-19(36(24,29)30)16-21(20)35-23(27)25-22(28)17-5-7-18(8-6-17)37(31,32)26(12-14-33-2)13-15-34-3/h4-10,16H,1,11-15H2,2-3H3,(H2,24,29,30). The molecule has 1 amide bonds. The maximum Gasteiger partial charge on any atom is 0.279 e. The molecule has 2 N–H and O–H groups in total. The van der Waals surface area contributed by atoms with E-state index in [4.69, 9.17) is 14.6 Å². The van der Waals surface area contributed by atoms with Crippen molar-refractivity contribution in [3.8, 4) is 0 Å². The topological polar surface area (TPSA) is 150 Å². The van der Waals surface area contributed by atoms with Crippen LogP contribution in [0.25, 0.3) is 10.2 Å². The van der Waals surface area contributed by atoms with Gasteiger partial charge in [0, 0.05) is 39.4 Å². The van der Waals surface area contributed by atoms with Crippen LogP contribution in [-0.4, -0.2) is 72.1 Å². The second kappa shape index (κ2) is 12.2. The average Bonchev–Trinajstić information content (AvgIpc) is 3.19. The minimum Gasteiger partial charge on any atom is -0.383 e. The van der Waals surface area contributed by atoms with E-state index in [0.29, 0.717) is 21.6 Å². The lowest BCUT2D eigenvalue weighted by atomic mass is 10.2. The van der Waals surface area contributed by atoms with E-state index in [-0.39, 0.29) is 41.7 Å². The van der Waals surface area contributed by atoms with E-state index in [1.807, 2.05) is 0 Å². The van der Waals surface area contributed by atoms with Crippen LogP contribution in [0, 0.1) is 0 Å². The lowest BCUT2D eigenvalue weighted by Gasteiger charge is -2.21. The Kier molecular flexibility index (Phi) is 9.52. The van der Waals surface area contributed by atoms with Gasteiger partial charge >= 0.3 is 0 Å². The number of ether oxygens (including phenoxy) is 2. The summed E-state index contributed by atoms with van der Waals surface area (Å²) in [5, 5.41) is 5.24. The van der Waals surface area contributed by atoms with Crippen molar-refractivity contribution in [2.45, 2.75) is 16.3 Å². The summed E-state index contributed by atoms with van der Waals surface area (Å²) in [6.45, 7) is 4.80. The van der Waals surface area contributed by atoms with Gasteiger partial charge in [-0.1, -0.05) is 17.4 Å². The molecule has 11 nitrogen and oxygen atoms in total. The van der Waals surface area contributed by atoms with E-state index in [1.165, 1.54) is 54.9 Å². The van der Waals surface area contributed by atoms with E-state index in [0.717, 1.165) is 11.3 Å². The summed E-state index contributed by atoms with van der Waals surface area (Å²) < 4.78 is 63.2. The molecule has 0 fully saturated rings. The second-order valence-electron chi connectivity index (χ2n) is 7.79. The number of primary sulfonamides is 1. The van der Waals surface area contributed by atoms with Gasteiger partial charge in [0.05, 0.1) is 33.2 Å². The van der Waals surface area contributed by atoms with Gasteiger partial charge in [0.25, 0.3) is 5.91 Å². The van der Waals surface area contributed by atoms with Crippen LogP contribution in [0.4, 0.5) is 0 Å². The Hall–Kier alpha value is -2.72. The zero-order chi connectivity index (χ0) is 27.2. The number of carbonyl (C=O) groups is 1. The van der Waals surface area contributed by atoms with Gasteiger partial charge in [-0.05, 0) is 42.5 Å². The van der Waals surface area contributed by atoms with Crippen LogP contribution in [-0.2, 0) is 36.1 Å². The molecule has 0 radical (unpaired) electrons. The highest BCUT2D eigenvalue weighted by atomic mass is 32.2. The number of nitrogens with zero attached hydrogens (tertiary/aromatic N) is 3. The number of allylic oxidation sites excluding steroid dienone is 1. The van der Waals surface area contributed by atoms with Crippen molar-refractivity contribution in [2.75, 3.05) is 40.5 Å². The molecule has 3 aromatic rings. The number of thiazole rings is 1. The number of benzene rings is 2. The first-order chi connectivity index (χ1) is 17.5. The molecule has 0 aliphatic heterocycles. The fraction of sp³-hybridized carbons (Fsp3) is 0.304. The Morgan fingerprint density at radius 3 is 2.19 bits per heavy atom. The van der Waals surface area contributed by atoms with Crippen LogP contribution in [0.2, 0.25) is 0 Å². The predicted molar refractivity (Wildman–Crippen MR) is 140 cm³/mol. The van der Waals surface area contributed by atoms with Gasteiger partial charge in [0.2, 0.25) is 20.0 Å². The summed E-state index contributed by atoms with van der Waals surface area (Å²) in [5.74, 6) is -0.587. The van der Waals surface area contributed by atoms with Gasteiger partial charge in [-0.15, -0.1) is 6.58 Å². The molecule has 37 heavy (non-hydrogen) atoms. The van der Waals surface area contributed by atoms with Crippen molar-refractivity contribution in [1.29, 1.82) is 0 Å². The molecular weight excluding hydrogens is 540 g/mol. The Morgan fingerprint density at radius 1 is 1.05 bits per heavy atom. The van der Waals surface area contributed by atoms with Crippen LogP contribution >= 0.6 is 11.3 Å². The average molecular weight is 569 g/mol. The molecule has 0 aliphatic rings. The molecule has 0 atom stereocenters. The van der Waals surface area contributed by atoms with Crippen LogP contribution in [0.3, 0.4) is 0 Å². The van der Waals surface area contributed by atoms with Gasteiger partial charge in [-0.3, -0.25) is 4.79 Å². The zero-order valence-electron chi connectivity index (χ0n) is 20.4. The number of sulfonamides is 2. The molecular formula is C23H28N4O7S3. The quantitative estimate of drug-likeness (QED) is 0.326.